The molecule has 8 heteroatoms. The smallest absolute Gasteiger partial charge is 0.275 e. The second-order valence-electron chi connectivity index (χ2n) is 8.32. The van der Waals surface area contributed by atoms with Crippen LogP contribution in [-0.2, 0) is 6.54 Å². The minimum absolute atomic E-state index is 0.125. The molecule has 0 radical (unpaired) electrons. The first-order valence-electron chi connectivity index (χ1n) is 11.3. The number of piperazine rings is 1. The Morgan fingerprint density at radius 1 is 1.00 bits per heavy atom. The lowest BCUT2D eigenvalue weighted by Crippen LogP contribution is -2.49. The SMILES string of the molecule is CCCCCn1nc(C(=O)N2CCN(c3cc(C)nc(C)n3)CC2)c2ccccc2c1=O. The maximum Gasteiger partial charge on any atom is 0.275 e. The molecule has 1 amide bonds. The van der Waals surface area contributed by atoms with Crippen molar-refractivity contribution in [1.82, 2.24) is 24.6 Å². The molecule has 3 aromatic rings. The molecule has 0 unspecified atom stereocenters. The van der Waals surface area contributed by atoms with E-state index in [9.17, 15) is 9.59 Å². The van der Waals surface area contributed by atoms with Gasteiger partial charge in [-0.3, -0.25) is 9.59 Å². The number of hydrogen-bond acceptors (Lipinski definition) is 6. The molecule has 0 spiro atoms. The van der Waals surface area contributed by atoms with Gasteiger partial charge >= 0.3 is 0 Å². The van der Waals surface area contributed by atoms with E-state index in [2.05, 4.69) is 26.9 Å². The number of aromatic nitrogens is 4. The van der Waals surface area contributed by atoms with Crippen LogP contribution < -0.4 is 10.5 Å². The first kappa shape index (κ1) is 21.9. The number of rotatable bonds is 6. The summed E-state index contributed by atoms with van der Waals surface area (Å²) in [6, 6.07) is 9.25. The number of benzene rings is 1. The molecule has 0 atom stereocenters. The van der Waals surface area contributed by atoms with Crippen molar-refractivity contribution < 1.29 is 4.79 Å². The van der Waals surface area contributed by atoms with E-state index in [0.717, 1.165) is 36.6 Å². The Labute approximate surface area is 187 Å². The van der Waals surface area contributed by atoms with Gasteiger partial charge in [-0.15, -0.1) is 0 Å². The Hall–Kier alpha value is -3.29. The van der Waals surface area contributed by atoms with Crippen molar-refractivity contribution in [3.05, 3.63) is 57.9 Å². The fourth-order valence-corrected chi connectivity index (χ4v) is 4.20. The summed E-state index contributed by atoms with van der Waals surface area (Å²) in [5.74, 6) is 1.52. The van der Waals surface area contributed by atoms with E-state index in [1.54, 1.807) is 6.07 Å². The van der Waals surface area contributed by atoms with Gasteiger partial charge in [-0.2, -0.15) is 5.10 Å². The predicted octanol–water partition coefficient (Wildman–Crippen LogP) is 2.96. The third kappa shape index (κ3) is 4.49. The van der Waals surface area contributed by atoms with Crippen LogP contribution in [0.15, 0.2) is 35.1 Å². The first-order chi connectivity index (χ1) is 15.5. The Balaban J connectivity index is 1.57. The van der Waals surface area contributed by atoms with Crippen LogP contribution in [0.2, 0.25) is 0 Å². The van der Waals surface area contributed by atoms with Gasteiger partial charge in [0.15, 0.2) is 5.69 Å². The number of carbonyl (C=O) groups is 1. The van der Waals surface area contributed by atoms with E-state index in [-0.39, 0.29) is 11.5 Å². The second kappa shape index (κ2) is 9.46. The molecule has 0 saturated carbocycles. The molecule has 1 fully saturated rings. The van der Waals surface area contributed by atoms with E-state index < -0.39 is 0 Å². The lowest BCUT2D eigenvalue weighted by Gasteiger charge is -2.35. The zero-order valence-electron chi connectivity index (χ0n) is 19.0. The highest BCUT2D eigenvalue weighted by atomic mass is 16.2. The molecule has 168 valence electrons. The largest absolute Gasteiger partial charge is 0.353 e. The zero-order chi connectivity index (χ0) is 22.7. The van der Waals surface area contributed by atoms with Crippen LogP contribution >= 0.6 is 0 Å². The van der Waals surface area contributed by atoms with E-state index >= 15 is 0 Å². The molecule has 32 heavy (non-hydrogen) atoms. The van der Waals surface area contributed by atoms with Gasteiger partial charge in [-0.1, -0.05) is 38.0 Å². The normalized spacial score (nSPS) is 14.2. The van der Waals surface area contributed by atoms with Crippen molar-refractivity contribution >= 4 is 22.5 Å². The van der Waals surface area contributed by atoms with Gasteiger partial charge in [0.2, 0.25) is 0 Å². The minimum Gasteiger partial charge on any atom is -0.353 e. The maximum atomic E-state index is 13.5. The maximum absolute atomic E-state index is 13.5. The number of carbonyl (C=O) groups excluding carboxylic acids is 1. The molecule has 1 aliphatic heterocycles. The molecule has 0 aliphatic carbocycles. The van der Waals surface area contributed by atoms with Crippen molar-refractivity contribution in [3.8, 4) is 0 Å². The number of unbranched alkanes of at least 4 members (excludes halogenated alkanes) is 2. The van der Waals surface area contributed by atoms with E-state index in [4.69, 9.17) is 0 Å². The molecule has 4 rings (SSSR count). The summed E-state index contributed by atoms with van der Waals surface area (Å²) in [7, 11) is 0. The molecule has 0 N–H and O–H groups in total. The van der Waals surface area contributed by atoms with Gasteiger partial charge in [0.25, 0.3) is 11.5 Å². The van der Waals surface area contributed by atoms with Crippen molar-refractivity contribution in [1.29, 1.82) is 0 Å². The lowest BCUT2D eigenvalue weighted by molar-refractivity contribution is 0.0740. The highest BCUT2D eigenvalue weighted by molar-refractivity contribution is 6.04. The monoisotopic (exact) mass is 434 g/mol. The van der Waals surface area contributed by atoms with Crippen molar-refractivity contribution in [3.63, 3.8) is 0 Å². The molecule has 2 aromatic heterocycles. The van der Waals surface area contributed by atoms with Crippen LogP contribution in [0.5, 0.6) is 0 Å². The van der Waals surface area contributed by atoms with Crippen LogP contribution in [0.25, 0.3) is 10.8 Å². The summed E-state index contributed by atoms with van der Waals surface area (Å²) in [4.78, 5) is 39.2. The zero-order valence-corrected chi connectivity index (χ0v) is 19.0. The van der Waals surface area contributed by atoms with Gasteiger partial charge in [-0.25, -0.2) is 14.6 Å². The number of nitrogens with zero attached hydrogens (tertiary/aromatic N) is 6. The molecule has 3 heterocycles. The molecule has 8 nitrogen and oxygen atoms in total. The van der Waals surface area contributed by atoms with Crippen LogP contribution in [0.1, 0.15) is 48.2 Å². The van der Waals surface area contributed by atoms with Crippen LogP contribution in [0.3, 0.4) is 0 Å². The van der Waals surface area contributed by atoms with Gasteiger partial charge in [0, 0.05) is 49.9 Å². The van der Waals surface area contributed by atoms with Crippen LogP contribution in [-0.4, -0.2) is 56.7 Å². The fourth-order valence-electron chi connectivity index (χ4n) is 4.20. The Kier molecular flexibility index (Phi) is 6.48. The van der Waals surface area contributed by atoms with Gasteiger partial charge in [0.1, 0.15) is 11.6 Å². The minimum atomic E-state index is -0.132. The Morgan fingerprint density at radius 3 is 2.41 bits per heavy atom. The quantitative estimate of drug-likeness (QED) is 0.555. The van der Waals surface area contributed by atoms with Crippen molar-refractivity contribution in [2.75, 3.05) is 31.1 Å². The lowest BCUT2D eigenvalue weighted by atomic mass is 10.1. The Bertz CT molecular complexity index is 1160. The third-order valence-electron chi connectivity index (χ3n) is 5.89. The second-order valence-corrected chi connectivity index (χ2v) is 8.32. The standard InChI is InChI=1S/C24H30N6O2/c1-4-5-8-11-30-23(31)20-10-7-6-9-19(20)22(27-30)24(32)29-14-12-28(13-15-29)21-16-17(2)25-18(3)26-21/h6-7,9-10,16H,4-5,8,11-15H2,1-3H3. The highest BCUT2D eigenvalue weighted by Crippen LogP contribution is 2.19. The summed E-state index contributed by atoms with van der Waals surface area (Å²) in [5, 5.41) is 5.70. The van der Waals surface area contributed by atoms with E-state index in [1.165, 1.54) is 4.68 Å². The predicted molar refractivity (Wildman–Crippen MR) is 125 cm³/mol. The number of anilines is 1. The molecular formula is C24H30N6O2. The summed E-state index contributed by atoms with van der Waals surface area (Å²) in [6.45, 7) is 9.03. The molecule has 1 saturated heterocycles. The summed E-state index contributed by atoms with van der Waals surface area (Å²) >= 11 is 0. The molecule has 1 aliphatic rings. The van der Waals surface area contributed by atoms with Gasteiger partial charge in [-0.05, 0) is 26.3 Å². The van der Waals surface area contributed by atoms with Crippen LogP contribution in [0, 0.1) is 13.8 Å². The fraction of sp³-hybridized carbons (Fsp3) is 0.458. The molecular weight excluding hydrogens is 404 g/mol. The topological polar surface area (TPSA) is 84.2 Å². The highest BCUT2D eigenvalue weighted by Gasteiger charge is 2.26. The number of amides is 1. The average molecular weight is 435 g/mol. The number of hydrogen-bond donors (Lipinski definition) is 0. The van der Waals surface area contributed by atoms with Crippen molar-refractivity contribution in [2.45, 2.75) is 46.6 Å². The summed E-state index contributed by atoms with van der Waals surface area (Å²) in [5.41, 5.74) is 1.17. The third-order valence-corrected chi connectivity index (χ3v) is 5.89. The van der Waals surface area contributed by atoms with Gasteiger partial charge < -0.3 is 9.80 Å². The van der Waals surface area contributed by atoms with Crippen molar-refractivity contribution in [2.24, 2.45) is 0 Å². The first-order valence-corrected chi connectivity index (χ1v) is 11.3. The molecule has 0 bridgehead atoms. The number of fused-ring (bicyclic) bond motifs is 1. The van der Waals surface area contributed by atoms with E-state index in [1.807, 2.05) is 43.0 Å². The van der Waals surface area contributed by atoms with Gasteiger partial charge in [0.05, 0.1) is 5.39 Å². The summed E-state index contributed by atoms with van der Waals surface area (Å²) < 4.78 is 1.47. The number of aryl methyl sites for hydroxylation is 3. The average Bonchev–Trinajstić information content (AvgIpc) is 2.80. The summed E-state index contributed by atoms with van der Waals surface area (Å²) in [6.07, 6.45) is 2.95. The van der Waals surface area contributed by atoms with Crippen LogP contribution in [0.4, 0.5) is 5.82 Å². The molecule has 1 aromatic carbocycles. The van der Waals surface area contributed by atoms with E-state index in [0.29, 0.717) is 49.2 Å². The Morgan fingerprint density at radius 2 is 1.72 bits per heavy atom.